The monoisotopic (exact) mass is 375 g/mol. The normalized spacial score (nSPS) is 10.9. The fourth-order valence-electron chi connectivity index (χ4n) is 2.57. The maximum Gasteiger partial charge on any atom is 0.261 e. The SMILES string of the molecule is CCc1nnc(NC(=O)c2c(C)nn(Cc3ccccc3Cl)c2C)s1. The van der Waals surface area contributed by atoms with Crippen LogP contribution in [0.3, 0.4) is 0 Å². The third-order valence-electron chi connectivity index (χ3n) is 3.88. The molecule has 1 aromatic carbocycles. The first-order chi connectivity index (χ1) is 12.0. The Morgan fingerprint density at radius 3 is 2.72 bits per heavy atom. The highest BCUT2D eigenvalue weighted by Gasteiger charge is 2.20. The Bertz CT molecular complexity index is 918. The number of anilines is 1. The minimum absolute atomic E-state index is 0.223. The molecule has 2 aromatic heterocycles. The number of aryl methyl sites for hydroxylation is 2. The summed E-state index contributed by atoms with van der Waals surface area (Å²) >= 11 is 7.60. The summed E-state index contributed by atoms with van der Waals surface area (Å²) in [5, 5.41) is 17.4. The fraction of sp³-hybridized carbons (Fsp3) is 0.294. The van der Waals surface area contributed by atoms with Crippen LogP contribution in [0.2, 0.25) is 5.02 Å². The van der Waals surface area contributed by atoms with Gasteiger partial charge in [-0.05, 0) is 31.9 Å². The lowest BCUT2D eigenvalue weighted by Gasteiger charge is -2.07. The van der Waals surface area contributed by atoms with E-state index in [9.17, 15) is 4.79 Å². The summed E-state index contributed by atoms with van der Waals surface area (Å²) in [4.78, 5) is 12.6. The Balaban J connectivity index is 1.83. The zero-order valence-electron chi connectivity index (χ0n) is 14.2. The number of amides is 1. The van der Waals surface area contributed by atoms with Crippen molar-refractivity contribution in [2.45, 2.75) is 33.7 Å². The lowest BCUT2D eigenvalue weighted by atomic mass is 10.2. The first-order valence-electron chi connectivity index (χ1n) is 7.90. The van der Waals surface area contributed by atoms with Crippen molar-refractivity contribution in [3.63, 3.8) is 0 Å². The molecule has 25 heavy (non-hydrogen) atoms. The molecule has 1 N–H and O–H groups in total. The van der Waals surface area contributed by atoms with Crippen molar-refractivity contribution in [1.82, 2.24) is 20.0 Å². The molecule has 8 heteroatoms. The van der Waals surface area contributed by atoms with Gasteiger partial charge in [-0.3, -0.25) is 14.8 Å². The average Bonchev–Trinajstić information content (AvgIpc) is 3.14. The number of nitrogens with zero attached hydrogens (tertiary/aromatic N) is 4. The number of halogens is 1. The van der Waals surface area contributed by atoms with Crippen molar-refractivity contribution >= 4 is 34.0 Å². The maximum atomic E-state index is 12.6. The molecule has 0 saturated carbocycles. The van der Waals surface area contributed by atoms with E-state index in [0.717, 1.165) is 22.7 Å². The molecule has 0 aliphatic carbocycles. The van der Waals surface area contributed by atoms with E-state index in [-0.39, 0.29) is 5.91 Å². The second-order valence-corrected chi connectivity index (χ2v) is 7.07. The number of nitrogens with one attached hydrogen (secondary N) is 1. The topological polar surface area (TPSA) is 72.7 Å². The van der Waals surface area contributed by atoms with E-state index in [2.05, 4.69) is 20.6 Å². The number of hydrogen-bond donors (Lipinski definition) is 1. The molecule has 1 amide bonds. The molecule has 0 unspecified atom stereocenters. The summed E-state index contributed by atoms with van der Waals surface area (Å²) < 4.78 is 1.79. The maximum absolute atomic E-state index is 12.6. The minimum atomic E-state index is -0.223. The molecule has 6 nitrogen and oxygen atoms in total. The van der Waals surface area contributed by atoms with Crippen molar-refractivity contribution in [3.8, 4) is 0 Å². The predicted octanol–water partition coefficient (Wildman–Crippen LogP) is 3.87. The third-order valence-corrected chi connectivity index (χ3v) is 5.23. The molecule has 0 radical (unpaired) electrons. The second kappa shape index (κ2) is 7.33. The Morgan fingerprint density at radius 1 is 1.28 bits per heavy atom. The van der Waals surface area contributed by atoms with Crippen LogP contribution in [0.4, 0.5) is 5.13 Å². The van der Waals surface area contributed by atoms with Gasteiger partial charge in [-0.15, -0.1) is 10.2 Å². The molecule has 0 aliphatic heterocycles. The fourth-order valence-corrected chi connectivity index (χ4v) is 3.44. The molecule has 0 atom stereocenters. The quantitative estimate of drug-likeness (QED) is 0.734. The van der Waals surface area contributed by atoms with Crippen LogP contribution in [0.15, 0.2) is 24.3 Å². The molecule has 2 heterocycles. The van der Waals surface area contributed by atoms with Gasteiger partial charge >= 0.3 is 0 Å². The van der Waals surface area contributed by atoms with Crippen LogP contribution in [0.1, 0.15) is 39.2 Å². The van der Waals surface area contributed by atoms with Crippen molar-refractivity contribution in [1.29, 1.82) is 0 Å². The van der Waals surface area contributed by atoms with Crippen LogP contribution in [-0.4, -0.2) is 25.9 Å². The van der Waals surface area contributed by atoms with Crippen molar-refractivity contribution < 1.29 is 4.79 Å². The predicted molar refractivity (Wildman–Crippen MR) is 99.5 cm³/mol. The smallest absolute Gasteiger partial charge is 0.261 e. The highest BCUT2D eigenvalue weighted by atomic mass is 35.5. The van der Waals surface area contributed by atoms with Gasteiger partial charge in [0, 0.05) is 10.7 Å². The second-order valence-electron chi connectivity index (χ2n) is 5.60. The average molecular weight is 376 g/mol. The highest BCUT2D eigenvalue weighted by Crippen LogP contribution is 2.21. The Hall–Kier alpha value is -2.25. The van der Waals surface area contributed by atoms with Crippen molar-refractivity contribution in [2.24, 2.45) is 0 Å². The van der Waals surface area contributed by atoms with E-state index in [1.165, 1.54) is 11.3 Å². The van der Waals surface area contributed by atoms with Gasteiger partial charge in [-0.25, -0.2) is 0 Å². The summed E-state index contributed by atoms with van der Waals surface area (Å²) in [5.74, 6) is -0.223. The third kappa shape index (κ3) is 3.72. The van der Waals surface area contributed by atoms with Crippen molar-refractivity contribution in [2.75, 3.05) is 5.32 Å². The Morgan fingerprint density at radius 2 is 2.04 bits per heavy atom. The number of aromatic nitrogens is 4. The molecule has 0 spiro atoms. The molecule has 0 aliphatic rings. The molecule has 3 rings (SSSR count). The molecule has 130 valence electrons. The molecule has 3 aromatic rings. The minimum Gasteiger partial charge on any atom is -0.296 e. The molecule has 0 saturated heterocycles. The standard InChI is InChI=1S/C17H18ClN5OS/c1-4-14-20-21-17(25-14)19-16(24)15-10(2)22-23(11(15)3)9-12-7-5-6-8-13(12)18/h5-8H,4,9H2,1-3H3,(H,19,21,24). The first kappa shape index (κ1) is 17.6. The number of carbonyl (C=O) groups excluding carboxylic acids is 1. The summed E-state index contributed by atoms with van der Waals surface area (Å²) in [6.07, 6.45) is 0.793. The highest BCUT2D eigenvalue weighted by molar-refractivity contribution is 7.15. The van der Waals surface area contributed by atoms with Crippen molar-refractivity contribution in [3.05, 3.63) is 56.8 Å². The lowest BCUT2D eigenvalue weighted by Crippen LogP contribution is -2.14. The van der Waals surface area contributed by atoms with Crippen LogP contribution in [-0.2, 0) is 13.0 Å². The largest absolute Gasteiger partial charge is 0.296 e. The van der Waals surface area contributed by atoms with Gasteiger partial charge in [-0.2, -0.15) is 5.10 Å². The summed E-state index contributed by atoms with van der Waals surface area (Å²) in [7, 11) is 0. The summed E-state index contributed by atoms with van der Waals surface area (Å²) in [5.41, 5.74) is 2.97. The zero-order chi connectivity index (χ0) is 18.0. The van der Waals surface area contributed by atoms with E-state index in [1.54, 1.807) is 4.68 Å². The van der Waals surface area contributed by atoms with E-state index in [0.29, 0.717) is 28.0 Å². The van der Waals surface area contributed by atoms with Gasteiger partial charge < -0.3 is 0 Å². The van der Waals surface area contributed by atoms with Gasteiger partial charge in [-0.1, -0.05) is 48.1 Å². The van der Waals surface area contributed by atoms with Gasteiger partial charge in [0.15, 0.2) is 0 Å². The number of carbonyl (C=O) groups is 1. The number of benzene rings is 1. The van der Waals surface area contributed by atoms with Crippen LogP contribution < -0.4 is 5.32 Å². The van der Waals surface area contributed by atoms with Gasteiger partial charge in [0.05, 0.1) is 17.8 Å². The van der Waals surface area contributed by atoms with Crippen LogP contribution in [0.5, 0.6) is 0 Å². The molecule has 0 bridgehead atoms. The first-order valence-corrected chi connectivity index (χ1v) is 9.10. The molecule has 0 fully saturated rings. The zero-order valence-corrected chi connectivity index (χ0v) is 15.8. The summed E-state index contributed by atoms with van der Waals surface area (Å²) in [6, 6.07) is 7.61. The molecular weight excluding hydrogens is 358 g/mol. The van der Waals surface area contributed by atoms with Crippen LogP contribution >= 0.6 is 22.9 Å². The Kier molecular flexibility index (Phi) is 5.15. The summed E-state index contributed by atoms with van der Waals surface area (Å²) in [6.45, 7) is 6.21. The van der Waals surface area contributed by atoms with Crippen LogP contribution in [0, 0.1) is 13.8 Å². The number of rotatable bonds is 5. The number of hydrogen-bond acceptors (Lipinski definition) is 5. The lowest BCUT2D eigenvalue weighted by molar-refractivity contribution is 0.102. The Labute approximate surface area is 154 Å². The molecular formula is C17H18ClN5OS. The van der Waals surface area contributed by atoms with Gasteiger partial charge in [0.25, 0.3) is 5.91 Å². The van der Waals surface area contributed by atoms with E-state index in [1.807, 2.05) is 45.0 Å². The van der Waals surface area contributed by atoms with Gasteiger partial charge in [0.1, 0.15) is 5.01 Å². The van der Waals surface area contributed by atoms with E-state index in [4.69, 9.17) is 11.6 Å². The van der Waals surface area contributed by atoms with Gasteiger partial charge in [0.2, 0.25) is 5.13 Å². The van der Waals surface area contributed by atoms with Crippen LogP contribution in [0.25, 0.3) is 0 Å². The van der Waals surface area contributed by atoms with E-state index >= 15 is 0 Å². The van der Waals surface area contributed by atoms with E-state index < -0.39 is 0 Å².